The van der Waals surface area contributed by atoms with E-state index >= 15 is 0 Å². The van der Waals surface area contributed by atoms with Crippen molar-refractivity contribution in [3.8, 4) is 5.75 Å². The highest BCUT2D eigenvalue weighted by molar-refractivity contribution is 8.03. The van der Waals surface area contributed by atoms with Crippen molar-refractivity contribution in [2.45, 2.75) is 25.5 Å². The first kappa shape index (κ1) is 16.4. The van der Waals surface area contributed by atoms with Crippen LogP contribution in [0, 0.1) is 0 Å². The number of ether oxygens (including phenoxy) is 1. The number of hydrogen-bond donors (Lipinski definition) is 0. The van der Waals surface area contributed by atoms with Crippen LogP contribution in [0.2, 0.25) is 0 Å². The van der Waals surface area contributed by atoms with Crippen LogP contribution in [0.5, 0.6) is 5.75 Å². The largest absolute Gasteiger partial charge is 0.439 e. The third-order valence-corrected chi connectivity index (χ3v) is 3.57. The highest BCUT2D eigenvalue weighted by Crippen LogP contribution is 2.24. The summed E-state index contributed by atoms with van der Waals surface area (Å²) in [5.41, 5.74) is 0.874. The molecule has 22 heavy (non-hydrogen) atoms. The van der Waals surface area contributed by atoms with Crippen LogP contribution in [0.25, 0.3) is 0 Å². The summed E-state index contributed by atoms with van der Waals surface area (Å²) in [4.78, 5) is 4.57. The molecule has 0 fully saturated rings. The summed E-state index contributed by atoms with van der Waals surface area (Å²) in [7, 11) is 0. The normalized spacial score (nSPS) is 12.6. The van der Waals surface area contributed by atoms with Crippen LogP contribution in [0.4, 0.5) is 5.69 Å². The summed E-state index contributed by atoms with van der Waals surface area (Å²) in [6, 6.07) is 19.5. The fourth-order valence-corrected chi connectivity index (χ4v) is 2.22. The van der Waals surface area contributed by atoms with Gasteiger partial charge in [0.05, 0.1) is 5.69 Å². The molecule has 3 heteroatoms. The molecule has 0 aliphatic heterocycles. The van der Waals surface area contributed by atoms with Crippen LogP contribution in [-0.4, -0.2) is 10.6 Å². The maximum atomic E-state index is 5.88. The topological polar surface area (TPSA) is 21.6 Å². The molecule has 114 valence electrons. The third kappa shape index (κ3) is 6.19. The second kappa shape index (κ2) is 7.85. The highest BCUT2D eigenvalue weighted by atomic mass is 32.2. The van der Waals surface area contributed by atoms with Crippen molar-refractivity contribution >= 4 is 23.3 Å². The van der Waals surface area contributed by atoms with E-state index in [0.29, 0.717) is 5.90 Å². The van der Waals surface area contributed by atoms with Gasteiger partial charge >= 0.3 is 0 Å². The zero-order valence-electron chi connectivity index (χ0n) is 13.2. The molecule has 0 unspecified atom stereocenters. The van der Waals surface area contributed by atoms with Gasteiger partial charge in [-0.25, -0.2) is 4.99 Å². The number of hydrogen-bond acceptors (Lipinski definition) is 3. The monoisotopic (exact) mass is 311 g/mol. The van der Waals surface area contributed by atoms with Crippen LogP contribution in [0.3, 0.4) is 0 Å². The van der Waals surface area contributed by atoms with E-state index < -0.39 is 0 Å². The van der Waals surface area contributed by atoms with E-state index in [1.54, 1.807) is 11.8 Å². The summed E-state index contributed by atoms with van der Waals surface area (Å²) in [5.74, 6) is 1.36. The molecule has 0 radical (unpaired) electrons. The Bertz CT molecular complexity index is 627. The van der Waals surface area contributed by atoms with Crippen molar-refractivity contribution in [3.63, 3.8) is 0 Å². The van der Waals surface area contributed by atoms with Crippen molar-refractivity contribution in [3.05, 3.63) is 72.1 Å². The Balaban J connectivity index is 2.19. The van der Waals surface area contributed by atoms with Crippen LogP contribution < -0.4 is 4.74 Å². The molecule has 0 heterocycles. The van der Waals surface area contributed by atoms with Gasteiger partial charge in [-0.3, -0.25) is 0 Å². The van der Waals surface area contributed by atoms with Crippen molar-refractivity contribution in [1.82, 2.24) is 0 Å². The van der Waals surface area contributed by atoms with E-state index in [4.69, 9.17) is 4.74 Å². The van der Waals surface area contributed by atoms with Crippen molar-refractivity contribution in [1.29, 1.82) is 0 Å². The minimum atomic E-state index is 0.168. The lowest BCUT2D eigenvalue weighted by molar-refractivity contribution is 0.556. The molecule has 2 aromatic rings. The lowest BCUT2D eigenvalue weighted by atomic mass is 10.3. The Morgan fingerprint density at radius 2 is 1.55 bits per heavy atom. The number of nitrogens with zero attached hydrogens (tertiary/aromatic N) is 1. The van der Waals surface area contributed by atoms with Gasteiger partial charge in [0.25, 0.3) is 0 Å². The first-order valence-electron chi connectivity index (χ1n) is 7.24. The predicted octanol–water partition coefficient (Wildman–Crippen LogP) is 5.84. The van der Waals surface area contributed by atoms with Crippen molar-refractivity contribution in [2.24, 2.45) is 4.99 Å². The average Bonchev–Trinajstić information content (AvgIpc) is 2.48. The molecule has 0 saturated heterocycles. The standard InChI is InChI=1S/C19H21NOS/c1-19(2,3)22-15-14-18(20-16-10-6-4-7-11-16)21-17-12-8-5-9-13-17/h4-15H,1-3H3/b15-14+,20-18-. The number of thioether (sulfide) groups is 1. The predicted molar refractivity (Wildman–Crippen MR) is 97.1 cm³/mol. The number of benzene rings is 2. The SMILES string of the molecule is CC(C)(C)S/C=C/C(=N/c1ccccc1)Oc1ccccc1. The molecule has 0 saturated carbocycles. The van der Waals surface area contributed by atoms with E-state index in [1.165, 1.54) is 0 Å². The Hall–Kier alpha value is -2.00. The molecule has 0 aromatic heterocycles. The Labute approximate surface area is 136 Å². The van der Waals surface area contributed by atoms with Gasteiger partial charge in [-0.15, -0.1) is 11.8 Å². The smallest absolute Gasteiger partial charge is 0.220 e. The van der Waals surface area contributed by atoms with Crippen molar-refractivity contribution in [2.75, 3.05) is 0 Å². The summed E-state index contributed by atoms with van der Waals surface area (Å²) in [5, 5.41) is 2.03. The molecule has 0 aliphatic carbocycles. The van der Waals surface area contributed by atoms with Gasteiger partial charge in [0.15, 0.2) is 0 Å². The molecule has 0 bridgehead atoms. The van der Waals surface area contributed by atoms with Gasteiger partial charge in [0.1, 0.15) is 5.75 Å². The zero-order valence-corrected chi connectivity index (χ0v) is 14.0. The second-order valence-electron chi connectivity index (χ2n) is 5.73. The second-order valence-corrected chi connectivity index (χ2v) is 7.47. The number of aliphatic imine (C=N–C) groups is 1. The van der Waals surface area contributed by atoms with Gasteiger partial charge < -0.3 is 4.74 Å². The van der Waals surface area contributed by atoms with Gasteiger partial charge in [-0.05, 0) is 29.7 Å². The quantitative estimate of drug-likeness (QED) is 0.522. The van der Waals surface area contributed by atoms with E-state index in [9.17, 15) is 0 Å². The molecule has 0 spiro atoms. The maximum absolute atomic E-state index is 5.88. The molecule has 0 aliphatic rings. The summed E-state index contributed by atoms with van der Waals surface area (Å²) in [6.45, 7) is 6.52. The number of para-hydroxylation sites is 2. The van der Waals surface area contributed by atoms with E-state index in [2.05, 4.69) is 25.8 Å². The van der Waals surface area contributed by atoms with Gasteiger partial charge in [0.2, 0.25) is 5.90 Å². The molecular formula is C19H21NOS. The van der Waals surface area contributed by atoms with Gasteiger partial charge in [-0.2, -0.15) is 0 Å². The average molecular weight is 311 g/mol. The third-order valence-electron chi connectivity index (χ3n) is 2.59. The maximum Gasteiger partial charge on any atom is 0.220 e. The molecule has 0 atom stereocenters. The van der Waals surface area contributed by atoms with Gasteiger partial charge in [0, 0.05) is 10.8 Å². The van der Waals surface area contributed by atoms with E-state index in [-0.39, 0.29) is 4.75 Å². The van der Waals surface area contributed by atoms with Crippen LogP contribution >= 0.6 is 11.8 Å². The summed E-state index contributed by atoms with van der Waals surface area (Å²) >= 11 is 1.74. The first-order valence-corrected chi connectivity index (χ1v) is 8.12. The molecule has 2 nitrogen and oxygen atoms in total. The van der Waals surface area contributed by atoms with Gasteiger partial charge in [-0.1, -0.05) is 57.2 Å². The lowest BCUT2D eigenvalue weighted by Crippen LogP contribution is -2.07. The summed E-state index contributed by atoms with van der Waals surface area (Å²) < 4.78 is 6.05. The van der Waals surface area contributed by atoms with E-state index in [0.717, 1.165) is 11.4 Å². The molecule has 2 aromatic carbocycles. The van der Waals surface area contributed by atoms with Crippen LogP contribution in [0.15, 0.2) is 77.1 Å². The first-order chi connectivity index (χ1) is 10.5. The Kier molecular flexibility index (Phi) is 5.84. The fraction of sp³-hybridized carbons (Fsp3) is 0.211. The fourth-order valence-electron chi connectivity index (χ4n) is 1.63. The molecule has 0 amide bonds. The molecule has 0 N–H and O–H groups in total. The molecule has 2 rings (SSSR count). The van der Waals surface area contributed by atoms with Crippen molar-refractivity contribution < 1.29 is 4.74 Å². The minimum absolute atomic E-state index is 0.168. The molecular weight excluding hydrogens is 290 g/mol. The highest BCUT2D eigenvalue weighted by Gasteiger charge is 2.08. The van der Waals surface area contributed by atoms with Crippen LogP contribution in [0.1, 0.15) is 20.8 Å². The van der Waals surface area contributed by atoms with E-state index in [1.807, 2.05) is 72.1 Å². The summed E-state index contributed by atoms with van der Waals surface area (Å²) in [6.07, 6.45) is 1.91. The Morgan fingerprint density at radius 3 is 2.14 bits per heavy atom. The zero-order chi connectivity index (χ0) is 15.8. The minimum Gasteiger partial charge on any atom is -0.439 e. The van der Waals surface area contributed by atoms with Crippen LogP contribution in [-0.2, 0) is 0 Å². The number of rotatable bonds is 4. The lowest BCUT2D eigenvalue weighted by Gasteiger charge is -2.14. The Morgan fingerprint density at radius 1 is 0.955 bits per heavy atom.